The molecule has 3 heterocycles. The van der Waals surface area contributed by atoms with Crippen molar-refractivity contribution in [3.63, 3.8) is 0 Å². The summed E-state index contributed by atoms with van der Waals surface area (Å²) in [4.78, 5) is 38.3. The minimum atomic E-state index is -0.673. The van der Waals surface area contributed by atoms with Crippen molar-refractivity contribution in [3.05, 3.63) is 44.5 Å². The van der Waals surface area contributed by atoms with Gasteiger partial charge in [0.2, 0.25) is 5.91 Å². The molecule has 0 bridgehead atoms. The van der Waals surface area contributed by atoms with E-state index in [2.05, 4.69) is 27.5 Å². The zero-order valence-corrected chi connectivity index (χ0v) is 21.8. The number of allylic oxidation sites excluding steroid dienone is 1. The number of thiophene rings is 2. The summed E-state index contributed by atoms with van der Waals surface area (Å²) < 4.78 is 6.77. The van der Waals surface area contributed by atoms with Crippen molar-refractivity contribution in [1.82, 2.24) is 14.8 Å². The Kier molecular flexibility index (Phi) is 7.72. The normalized spacial score (nSPS) is 12.7. The Bertz CT molecular complexity index is 1310. The number of esters is 1. The summed E-state index contributed by atoms with van der Waals surface area (Å²) in [5, 5.41) is 14.5. The molecule has 4 rings (SSSR count). The topological polar surface area (TPSA) is 129 Å². The van der Waals surface area contributed by atoms with Crippen LogP contribution in [0.3, 0.4) is 0 Å². The molecule has 2 amide bonds. The number of thioether (sulfide) groups is 1. The van der Waals surface area contributed by atoms with Gasteiger partial charge in [0.1, 0.15) is 5.00 Å². The van der Waals surface area contributed by atoms with Crippen LogP contribution in [-0.2, 0) is 28.9 Å². The average molecular weight is 532 g/mol. The van der Waals surface area contributed by atoms with Gasteiger partial charge >= 0.3 is 5.97 Å². The highest BCUT2D eigenvalue weighted by Crippen LogP contribution is 2.37. The number of aromatic nitrogens is 3. The molecule has 3 N–H and O–H groups in total. The monoisotopic (exact) mass is 531 g/mol. The van der Waals surface area contributed by atoms with E-state index < -0.39 is 11.9 Å². The molecular weight excluding hydrogens is 506 g/mol. The van der Waals surface area contributed by atoms with Crippen LogP contribution in [0.4, 0.5) is 5.00 Å². The quantitative estimate of drug-likeness (QED) is 0.242. The van der Waals surface area contributed by atoms with Gasteiger partial charge in [0, 0.05) is 22.4 Å². The Morgan fingerprint density at radius 2 is 2.09 bits per heavy atom. The molecule has 1 aliphatic carbocycles. The van der Waals surface area contributed by atoms with E-state index in [0.717, 1.165) is 35.6 Å². The SMILES string of the molecule is C=CCn1c(SCC(=O)Nc2sc(C(N)=O)c(C)c2C(=O)OC)nnc1-c1csc2c1CCCC2. The zero-order valence-electron chi connectivity index (χ0n) is 19.4. The molecule has 0 radical (unpaired) electrons. The minimum absolute atomic E-state index is 0.0283. The number of fused-ring (bicyclic) bond motifs is 1. The molecule has 0 fully saturated rings. The molecule has 1 aliphatic rings. The first-order chi connectivity index (χ1) is 16.8. The average Bonchev–Trinajstić information content (AvgIpc) is 3.53. The Labute approximate surface area is 214 Å². The van der Waals surface area contributed by atoms with E-state index in [1.807, 2.05) is 4.57 Å². The summed E-state index contributed by atoms with van der Waals surface area (Å²) in [6, 6.07) is 0. The van der Waals surface area contributed by atoms with Gasteiger partial charge in [-0.25, -0.2) is 4.79 Å². The van der Waals surface area contributed by atoms with Gasteiger partial charge in [-0.3, -0.25) is 14.2 Å². The summed E-state index contributed by atoms with van der Waals surface area (Å²) in [5.74, 6) is -0.877. The van der Waals surface area contributed by atoms with Crippen LogP contribution in [0, 0.1) is 6.92 Å². The predicted octanol–water partition coefficient (Wildman–Crippen LogP) is 4.06. The molecule has 0 atom stereocenters. The first-order valence-corrected chi connectivity index (χ1v) is 13.6. The predicted molar refractivity (Wildman–Crippen MR) is 138 cm³/mol. The largest absolute Gasteiger partial charge is 0.465 e. The van der Waals surface area contributed by atoms with Crippen LogP contribution in [0.25, 0.3) is 11.4 Å². The van der Waals surface area contributed by atoms with E-state index in [1.165, 1.54) is 42.2 Å². The van der Waals surface area contributed by atoms with Gasteiger partial charge in [0.25, 0.3) is 5.91 Å². The number of nitrogens with zero attached hydrogens (tertiary/aromatic N) is 3. The van der Waals surface area contributed by atoms with Gasteiger partial charge < -0.3 is 15.8 Å². The molecule has 0 spiro atoms. The lowest BCUT2D eigenvalue weighted by molar-refractivity contribution is -0.113. The first-order valence-electron chi connectivity index (χ1n) is 10.9. The van der Waals surface area contributed by atoms with Crippen LogP contribution in [0.5, 0.6) is 0 Å². The number of carbonyl (C=O) groups excluding carboxylic acids is 3. The van der Waals surface area contributed by atoms with Gasteiger partial charge in [-0.05, 0) is 43.7 Å². The molecule has 3 aromatic heterocycles. The summed E-state index contributed by atoms with van der Waals surface area (Å²) in [6.45, 7) is 5.96. The number of aryl methyl sites for hydroxylation is 1. The van der Waals surface area contributed by atoms with E-state index in [4.69, 9.17) is 10.5 Å². The van der Waals surface area contributed by atoms with Crippen molar-refractivity contribution in [2.45, 2.75) is 44.3 Å². The standard InChI is InChI=1S/C23H25N5O4S3/c1-4-9-28-20(14-10-33-15-8-6-5-7-13(14)15)26-27-23(28)34-11-16(29)25-21-17(22(31)32-3)12(2)18(35-21)19(24)30/h4,10H,1,5-9,11H2,2-3H3,(H2,24,30)(H,25,29). The summed E-state index contributed by atoms with van der Waals surface area (Å²) in [6.07, 6.45) is 6.30. The fourth-order valence-electron chi connectivity index (χ4n) is 4.05. The lowest BCUT2D eigenvalue weighted by atomic mass is 9.95. The van der Waals surface area contributed by atoms with E-state index in [1.54, 1.807) is 24.3 Å². The van der Waals surface area contributed by atoms with Crippen molar-refractivity contribution >= 4 is 57.2 Å². The van der Waals surface area contributed by atoms with Gasteiger partial charge in [0.15, 0.2) is 11.0 Å². The lowest BCUT2D eigenvalue weighted by Gasteiger charge is -2.13. The van der Waals surface area contributed by atoms with Crippen LogP contribution in [0.15, 0.2) is 23.2 Å². The number of carbonyl (C=O) groups is 3. The van der Waals surface area contributed by atoms with E-state index >= 15 is 0 Å². The second-order valence-electron chi connectivity index (χ2n) is 7.92. The van der Waals surface area contributed by atoms with Crippen LogP contribution >= 0.6 is 34.4 Å². The highest BCUT2D eigenvalue weighted by atomic mass is 32.2. The summed E-state index contributed by atoms with van der Waals surface area (Å²) >= 11 is 3.96. The number of methoxy groups -OCH3 is 1. The Hall–Kier alpha value is -2.96. The maximum atomic E-state index is 12.8. The molecule has 12 heteroatoms. The van der Waals surface area contributed by atoms with Crippen molar-refractivity contribution in [2.24, 2.45) is 5.73 Å². The number of nitrogens with two attached hydrogens (primary N) is 1. The molecule has 0 aromatic carbocycles. The second kappa shape index (κ2) is 10.8. The third kappa shape index (κ3) is 5.04. The Morgan fingerprint density at radius 1 is 1.31 bits per heavy atom. The number of nitrogens with one attached hydrogen (secondary N) is 1. The van der Waals surface area contributed by atoms with Gasteiger partial charge in [-0.1, -0.05) is 17.8 Å². The number of hydrogen-bond acceptors (Lipinski definition) is 9. The molecule has 9 nitrogen and oxygen atoms in total. The maximum Gasteiger partial charge on any atom is 0.341 e. The van der Waals surface area contributed by atoms with Crippen molar-refractivity contribution in [1.29, 1.82) is 0 Å². The fraction of sp³-hybridized carbons (Fsp3) is 0.348. The van der Waals surface area contributed by atoms with Crippen molar-refractivity contribution in [3.8, 4) is 11.4 Å². The van der Waals surface area contributed by atoms with Crippen LogP contribution in [0.1, 0.15) is 48.9 Å². The summed E-state index contributed by atoms with van der Waals surface area (Å²) in [5.41, 5.74) is 8.37. The number of anilines is 1. The van der Waals surface area contributed by atoms with E-state index in [9.17, 15) is 14.4 Å². The van der Waals surface area contributed by atoms with Crippen molar-refractivity contribution < 1.29 is 19.1 Å². The van der Waals surface area contributed by atoms with E-state index in [-0.39, 0.29) is 27.1 Å². The molecular formula is C23H25N5O4S3. The van der Waals surface area contributed by atoms with Gasteiger partial charge in [-0.2, -0.15) is 0 Å². The van der Waals surface area contributed by atoms with Crippen molar-refractivity contribution in [2.75, 3.05) is 18.2 Å². The lowest BCUT2D eigenvalue weighted by Crippen LogP contribution is -2.16. The highest BCUT2D eigenvalue weighted by molar-refractivity contribution is 7.99. The van der Waals surface area contributed by atoms with Gasteiger partial charge in [0.05, 0.1) is 23.3 Å². The third-order valence-corrected chi connectivity index (χ3v) is 8.95. The number of primary amides is 1. The van der Waals surface area contributed by atoms with Gasteiger partial charge in [-0.15, -0.1) is 39.4 Å². The third-order valence-electron chi connectivity index (χ3n) is 5.68. The summed E-state index contributed by atoms with van der Waals surface area (Å²) in [7, 11) is 1.24. The van der Waals surface area contributed by atoms with E-state index in [0.29, 0.717) is 17.3 Å². The molecule has 35 heavy (non-hydrogen) atoms. The fourth-order valence-corrected chi connectivity index (χ4v) is 6.98. The zero-order chi connectivity index (χ0) is 25.1. The van der Waals surface area contributed by atoms with Crippen LogP contribution in [-0.4, -0.2) is 45.4 Å². The molecule has 0 saturated heterocycles. The minimum Gasteiger partial charge on any atom is -0.465 e. The van der Waals surface area contributed by atoms with Crippen LogP contribution in [0.2, 0.25) is 0 Å². The number of rotatable bonds is 9. The maximum absolute atomic E-state index is 12.8. The molecule has 3 aromatic rings. The molecule has 184 valence electrons. The number of hydrogen-bond donors (Lipinski definition) is 2. The van der Waals surface area contributed by atoms with Crippen LogP contribution < -0.4 is 11.1 Å². The molecule has 0 saturated carbocycles. The number of ether oxygens (including phenoxy) is 1. The smallest absolute Gasteiger partial charge is 0.341 e. The molecule has 0 aliphatic heterocycles. The Morgan fingerprint density at radius 3 is 2.80 bits per heavy atom. The molecule has 0 unspecified atom stereocenters. The number of amides is 2. The second-order valence-corrected chi connectivity index (χ2v) is 10.8. The Balaban J connectivity index is 1.53. The highest BCUT2D eigenvalue weighted by Gasteiger charge is 2.26. The first kappa shape index (κ1) is 25.1.